The highest BCUT2D eigenvalue weighted by atomic mass is 127. The van der Waals surface area contributed by atoms with Crippen LogP contribution in [0.15, 0.2) is 29.3 Å². The number of guanidine groups is 1. The van der Waals surface area contributed by atoms with E-state index in [0.29, 0.717) is 12.6 Å². The molecule has 0 amide bonds. The van der Waals surface area contributed by atoms with Gasteiger partial charge in [0.25, 0.3) is 0 Å². The van der Waals surface area contributed by atoms with Gasteiger partial charge in [0, 0.05) is 18.0 Å². The van der Waals surface area contributed by atoms with Crippen molar-refractivity contribution >= 4 is 29.9 Å². The van der Waals surface area contributed by atoms with E-state index in [4.69, 9.17) is 0 Å². The van der Waals surface area contributed by atoms with Gasteiger partial charge in [0.05, 0.1) is 6.54 Å². The summed E-state index contributed by atoms with van der Waals surface area (Å²) in [5.41, 5.74) is 0.717. The Morgan fingerprint density at radius 2 is 2.00 bits per heavy atom. The average molecular weight is 405 g/mol. The third-order valence-electron chi connectivity index (χ3n) is 3.61. The molecular formula is C16H25FIN3. The molecule has 0 aliphatic heterocycles. The Morgan fingerprint density at radius 1 is 1.33 bits per heavy atom. The first-order chi connectivity index (χ1) is 9.57. The maximum absolute atomic E-state index is 13.9. The van der Waals surface area contributed by atoms with Gasteiger partial charge in [0.1, 0.15) is 5.82 Å². The molecule has 2 rings (SSSR count). The van der Waals surface area contributed by atoms with Gasteiger partial charge in [0.2, 0.25) is 0 Å². The summed E-state index contributed by atoms with van der Waals surface area (Å²) in [6, 6.07) is 7.40. The summed E-state index contributed by atoms with van der Waals surface area (Å²) in [5, 5.41) is 6.52. The predicted molar refractivity (Wildman–Crippen MR) is 97.0 cm³/mol. The van der Waals surface area contributed by atoms with Crippen molar-refractivity contribution in [3.05, 3.63) is 35.6 Å². The molecule has 0 saturated heterocycles. The van der Waals surface area contributed by atoms with Crippen molar-refractivity contribution < 1.29 is 4.39 Å². The number of nitrogens with zero attached hydrogens (tertiary/aromatic N) is 1. The lowest BCUT2D eigenvalue weighted by molar-refractivity contribution is 0.571. The number of rotatable bonds is 5. The van der Waals surface area contributed by atoms with Gasteiger partial charge < -0.3 is 10.6 Å². The number of aliphatic imine (C=N–C) groups is 1. The van der Waals surface area contributed by atoms with Crippen molar-refractivity contribution in [1.82, 2.24) is 10.6 Å². The molecule has 0 atom stereocenters. The minimum Gasteiger partial charge on any atom is -0.357 e. The van der Waals surface area contributed by atoms with Gasteiger partial charge in [0.15, 0.2) is 5.96 Å². The molecule has 0 spiro atoms. The van der Waals surface area contributed by atoms with E-state index in [2.05, 4.69) is 29.5 Å². The summed E-state index contributed by atoms with van der Waals surface area (Å²) in [7, 11) is 0. The first-order valence-corrected chi connectivity index (χ1v) is 7.37. The maximum atomic E-state index is 13.9. The third kappa shape index (κ3) is 4.83. The lowest BCUT2D eigenvalue weighted by atomic mass is 9.95. The zero-order valence-corrected chi connectivity index (χ0v) is 15.3. The van der Waals surface area contributed by atoms with Gasteiger partial charge in [-0.2, -0.15) is 0 Å². The number of benzene rings is 1. The van der Waals surface area contributed by atoms with Crippen LogP contribution in [0.3, 0.4) is 0 Å². The van der Waals surface area contributed by atoms with Crippen LogP contribution in [0.1, 0.15) is 39.2 Å². The molecule has 1 aliphatic carbocycles. The Bertz CT molecular complexity index is 484. The van der Waals surface area contributed by atoms with Crippen molar-refractivity contribution in [2.24, 2.45) is 4.99 Å². The van der Waals surface area contributed by atoms with Crippen LogP contribution in [0.2, 0.25) is 0 Å². The Morgan fingerprint density at radius 3 is 2.52 bits per heavy atom. The minimum absolute atomic E-state index is 0. The maximum Gasteiger partial charge on any atom is 0.191 e. The van der Waals surface area contributed by atoms with Crippen LogP contribution in [-0.4, -0.2) is 25.1 Å². The van der Waals surface area contributed by atoms with Crippen LogP contribution in [0.4, 0.5) is 4.39 Å². The Labute approximate surface area is 143 Å². The molecule has 0 radical (unpaired) electrons. The largest absolute Gasteiger partial charge is 0.357 e. The molecule has 0 unspecified atom stereocenters. The van der Waals surface area contributed by atoms with Gasteiger partial charge >= 0.3 is 0 Å². The normalized spacial score (nSPS) is 16.3. The van der Waals surface area contributed by atoms with Crippen molar-refractivity contribution in [2.45, 2.75) is 45.1 Å². The fraction of sp³-hybridized carbons (Fsp3) is 0.562. The van der Waals surface area contributed by atoms with Crippen LogP contribution >= 0.6 is 24.0 Å². The minimum atomic E-state index is -0.109. The van der Waals surface area contributed by atoms with E-state index < -0.39 is 0 Å². The summed E-state index contributed by atoms with van der Waals surface area (Å²) in [5.74, 6) is 0.701. The van der Waals surface area contributed by atoms with Gasteiger partial charge in [-0.25, -0.2) is 4.39 Å². The van der Waals surface area contributed by atoms with Gasteiger partial charge in [-0.3, -0.25) is 4.99 Å². The summed E-state index contributed by atoms with van der Waals surface area (Å²) in [4.78, 5) is 4.63. The molecule has 3 nitrogen and oxygen atoms in total. The molecule has 5 heteroatoms. The van der Waals surface area contributed by atoms with Gasteiger partial charge in [-0.15, -0.1) is 24.0 Å². The molecule has 1 aromatic carbocycles. The Kier molecular flexibility index (Phi) is 6.90. The second-order valence-electron chi connectivity index (χ2n) is 5.75. The van der Waals surface area contributed by atoms with Crippen LogP contribution in [0.25, 0.3) is 0 Å². The van der Waals surface area contributed by atoms with E-state index in [1.807, 2.05) is 19.1 Å². The molecule has 118 valence electrons. The van der Waals surface area contributed by atoms with E-state index in [0.717, 1.165) is 30.9 Å². The summed E-state index contributed by atoms with van der Waals surface area (Å²) < 4.78 is 13.9. The van der Waals surface area contributed by atoms with Crippen LogP contribution in [0, 0.1) is 5.82 Å². The van der Waals surface area contributed by atoms with E-state index >= 15 is 0 Å². The van der Waals surface area contributed by atoms with Crippen molar-refractivity contribution in [1.29, 1.82) is 0 Å². The number of nitrogens with one attached hydrogen (secondary N) is 2. The first kappa shape index (κ1) is 18.2. The standard InChI is InChI=1S/C16H24FN3.HI/c1-4-18-15(20-12(2)3)19-11-16(9-10-16)13-7-5-6-8-14(13)17;/h5-8,12H,4,9-11H2,1-3H3,(H2,18,19,20);1H. The van der Waals surface area contributed by atoms with Crippen LogP contribution in [-0.2, 0) is 5.41 Å². The lowest BCUT2D eigenvalue weighted by Gasteiger charge is -2.17. The molecule has 0 aromatic heterocycles. The quantitative estimate of drug-likeness (QED) is 0.448. The van der Waals surface area contributed by atoms with Crippen molar-refractivity contribution in [3.8, 4) is 0 Å². The highest BCUT2D eigenvalue weighted by Gasteiger charge is 2.45. The Balaban J connectivity index is 0.00000220. The molecule has 0 heterocycles. The Hall–Kier alpha value is -0.850. The first-order valence-electron chi connectivity index (χ1n) is 7.37. The number of halogens is 2. The summed E-state index contributed by atoms with van der Waals surface area (Å²) in [6.07, 6.45) is 2.02. The predicted octanol–water partition coefficient (Wildman–Crippen LogP) is 3.44. The summed E-state index contributed by atoms with van der Waals surface area (Å²) in [6.45, 7) is 7.66. The van der Waals surface area contributed by atoms with Crippen molar-refractivity contribution in [2.75, 3.05) is 13.1 Å². The highest BCUT2D eigenvalue weighted by Crippen LogP contribution is 2.49. The smallest absolute Gasteiger partial charge is 0.191 e. The van der Waals surface area contributed by atoms with Gasteiger partial charge in [-0.1, -0.05) is 18.2 Å². The molecule has 21 heavy (non-hydrogen) atoms. The molecule has 0 bridgehead atoms. The van der Waals surface area contributed by atoms with Crippen LogP contribution in [0.5, 0.6) is 0 Å². The van der Waals surface area contributed by atoms with E-state index in [-0.39, 0.29) is 35.2 Å². The number of hydrogen-bond donors (Lipinski definition) is 2. The SMILES string of the molecule is CCNC(=NCC1(c2ccccc2F)CC1)NC(C)C.I. The lowest BCUT2D eigenvalue weighted by Crippen LogP contribution is -2.41. The average Bonchev–Trinajstić information content (AvgIpc) is 3.17. The highest BCUT2D eigenvalue weighted by molar-refractivity contribution is 14.0. The molecule has 1 fully saturated rings. The molecular weight excluding hydrogens is 380 g/mol. The fourth-order valence-corrected chi connectivity index (χ4v) is 2.38. The van der Waals surface area contributed by atoms with Gasteiger partial charge in [-0.05, 0) is 45.2 Å². The van der Waals surface area contributed by atoms with Crippen molar-refractivity contribution in [3.63, 3.8) is 0 Å². The zero-order chi connectivity index (χ0) is 14.6. The zero-order valence-electron chi connectivity index (χ0n) is 12.9. The van der Waals surface area contributed by atoms with E-state index in [1.54, 1.807) is 6.07 Å². The molecule has 2 N–H and O–H groups in total. The van der Waals surface area contributed by atoms with E-state index in [9.17, 15) is 4.39 Å². The van der Waals surface area contributed by atoms with Crippen LogP contribution < -0.4 is 10.6 Å². The third-order valence-corrected chi connectivity index (χ3v) is 3.61. The topological polar surface area (TPSA) is 36.4 Å². The second kappa shape index (κ2) is 7.96. The second-order valence-corrected chi connectivity index (χ2v) is 5.75. The fourth-order valence-electron chi connectivity index (χ4n) is 2.38. The van der Waals surface area contributed by atoms with E-state index in [1.165, 1.54) is 6.07 Å². The molecule has 1 saturated carbocycles. The number of hydrogen-bond acceptors (Lipinski definition) is 1. The molecule has 1 aliphatic rings. The monoisotopic (exact) mass is 405 g/mol. The molecule has 1 aromatic rings. The summed E-state index contributed by atoms with van der Waals surface area (Å²) >= 11 is 0.